The summed E-state index contributed by atoms with van der Waals surface area (Å²) in [6.45, 7) is 6.01. The molecule has 0 aromatic heterocycles. The van der Waals surface area contributed by atoms with E-state index in [9.17, 15) is 14.7 Å². The van der Waals surface area contributed by atoms with Crippen LogP contribution in [0.4, 0.5) is 0 Å². The average molecular weight is 288 g/mol. The molecule has 1 aromatic rings. The Morgan fingerprint density at radius 2 is 1.90 bits per heavy atom. The van der Waals surface area contributed by atoms with E-state index in [2.05, 4.69) is 0 Å². The highest BCUT2D eigenvalue weighted by Crippen LogP contribution is 2.24. The summed E-state index contributed by atoms with van der Waals surface area (Å²) in [7, 11) is 0. The van der Waals surface area contributed by atoms with Crippen LogP contribution in [0.1, 0.15) is 26.3 Å². The molecule has 0 bridgehead atoms. The highest BCUT2D eigenvalue weighted by atomic mass is 16.5. The number of amides is 1. The van der Waals surface area contributed by atoms with E-state index in [1.54, 1.807) is 24.3 Å². The second-order valence-corrected chi connectivity index (χ2v) is 5.11. The van der Waals surface area contributed by atoms with Gasteiger partial charge < -0.3 is 14.7 Å². The molecule has 5 nitrogen and oxygen atoms in total. The van der Waals surface area contributed by atoms with Gasteiger partial charge in [-0.3, -0.25) is 9.59 Å². The van der Waals surface area contributed by atoms with Gasteiger partial charge in [0.25, 0.3) is 5.91 Å². The second-order valence-electron chi connectivity index (χ2n) is 5.11. The van der Waals surface area contributed by atoms with Gasteiger partial charge >= 0.3 is 0 Å². The average Bonchev–Trinajstić information content (AvgIpc) is 2.75. The zero-order chi connectivity index (χ0) is 15.6. The van der Waals surface area contributed by atoms with E-state index in [1.165, 1.54) is 4.90 Å². The zero-order valence-corrected chi connectivity index (χ0v) is 12.4. The SMILES string of the molecule is CCOc1ccc(/C([O-])=C2\C(=O)CN(C(C)C)C2=O)cc1. The van der Waals surface area contributed by atoms with Crippen LogP contribution in [0, 0.1) is 0 Å². The van der Waals surface area contributed by atoms with Crippen molar-refractivity contribution in [3.05, 3.63) is 35.4 Å². The fraction of sp³-hybridized carbons (Fsp3) is 0.375. The largest absolute Gasteiger partial charge is 0.871 e. The standard InChI is InChI=1S/C16H19NO4/c1-4-21-12-7-5-11(6-8-12)15(19)14-13(18)9-17(10(2)3)16(14)20/h5-8,10,19H,4,9H2,1-3H3/p-1/b15-14-. The molecule has 1 amide bonds. The van der Waals surface area contributed by atoms with Crippen LogP contribution in [-0.2, 0) is 9.59 Å². The minimum absolute atomic E-state index is 0.0192. The molecular formula is C16H18NO4-. The number of ketones is 1. The number of carbonyl (C=O) groups excluding carboxylic acids is 2. The number of nitrogens with zero attached hydrogens (tertiary/aromatic N) is 1. The van der Waals surface area contributed by atoms with Crippen LogP contribution in [0.15, 0.2) is 29.8 Å². The third-order valence-electron chi connectivity index (χ3n) is 3.35. The number of hydrogen-bond donors (Lipinski definition) is 0. The van der Waals surface area contributed by atoms with E-state index >= 15 is 0 Å². The Kier molecular flexibility index (Phi) is 4.31. The first-order valence-corrected chi connectivity index (χ1v) is 6.94. The zero-order valence-electron chi connectivity index (χ0n) is 12.4. The summed E-state index contributed by atoms with van der Waals surface area (Å²) in [4.78, 5) is 25.5. The predicted molar refractivity (Wildman–Crippen MR) is 76.4 cm³/mol. The van der Waals surface area contributed by atoms with E-state index in [1.807, 2.05) is 20.8 Å². The third kappa shape index (κ3) is 2.91. The Labute approximate surface area is 123 Å². The van der Waals surface area contributed by atoms with Crippen molar-refractivity contribution >= 4 is 17.4 Å². The molecule has 0 atom stereocenters. The fourth-order valence-electron chi connectivity index (χ4n) is 2.22. The molecule has 0 unspecified atom stereocenters. The highest BCUT2D eigenvalue weighted by Gasteiger charge is 2.35. The maximum atomic E-state index is 12.4. The Bertz CT molecular complexity index is 587. The molecule has 0 spiro atoms. The molecule has 1 saturated heterocycles. The molecule has 0 radical (unpaired) electrons. The van der Waals surface area contributed by atoms with Crippen LogP contribution in [0.2, 0.25) is 0 Å². The number of carbonyl (C=O) groups is 2. The number of hydrogen-bond acceptors (Lipinski definition) is 4. The van der Waals surface area contributed by atoms with Crippen LogP contribution < -0.4 is 9.84 Å². The smallest absolute Gasteiger partial charge is 0.257 e. The van der Waals surface area contributed by atoms with E-state index in [4.69, 9.17) is 4.74 Å². The van der Waals surface area contributed by atoms with Gasteiger partial charge in [-0.15, -0.1) is 0 Å². The van der Waals surface area contributed by atoms with E-state index in [0.29, 0.717) is 17.9 Å². The lowest BCUT2D eigenvalue weighted by Crippen LogP contribution is -2.32. The van der Waals surface area contributed by atoms with Gasteiger partial charge in [-0.25, -0.2) is 0 Å². The van der Waals surface area contributed by atoms with Crippen molar-refractivity contribution in [3.8, 4) is 5.75 Å². The lowest BCUT2D eigenvalue weighted by Gasteiger charge is -2.20. The molecule has 21 heavy (non-hydrogen) atoms. The monoisotopic (exact) mass is 288 g/mol. The number of Topliss-reactive ketones (excluding diaryl/α,β-unsaturated/α-hetero) is 1. The van der Waals surface area contributed by atoms with E-state index < -0.39 is 17.4 Å². The van der Waals surface area contributed by atoms with Gasteiger partial charge in [0.1, 0.15) is 5.75 Å². The van der Waals surface area contributed by atoms with Gasteiger partial charge in [-0.05, 0) is 38.5 Å². The Hall–Kier alpha value is -2.30. The molecule has 5 heteroatoms. The third-order valence-corrected chi connectivity index (χ3v) is 3.35. The molecule has 1 heterocycles. The second kappa shape index (κ2) is 5.99. The summed E-state index contributed by atoms with van der Waals surface area (Å²) in [5.74, 6) is -0.760. The summed E-state index contributed by atoms with van der Waals surface area (Å²) in [6.07, 6.45) is 0. The molecule has 2 rings (SSSR count). The van der Waals surface area contributed by atoms with Crippen LogP contribution in [0.5, 0.6) is 5.75 Å². The van der Waals surface area contributed by atoms with E-state index in [0.717, 1.165) is 0 Å². The minimum atomic E-state index is -0.517. The lowest BCUT2D eigenvalue weighted by molar-refractivity contribution is -0.244. The number of likely N-dealkylation sites (tertiary alicyclic amines) is 1. The molecule has 1 fully saturated rings. The molecule has 1 aliphatic rings. The van der Waals surface area contributed by atoms with E-state index in [-0.39, 0.29) is 18.2 Å². The van der Waals surface area contributed by atoms with Gasteiger partial charge in [0.05, 0.1) is 18.7 Å². The normalized spacial score (nSPS) is 17.6. The van der Waals surface area contributed by atoms with Crippen molar-refractivity contribution in [2.75, 3.05) is 13.2 Å². The minimum Gasteiger partial charge on any atom is -0.871 e. The molecule has 0 saturated carbocycles. The Morgan fingerprint density at radius 3 is 2.38 bits per heavy atom. The van der Waals surface area contributed by atoms with Crippen molar-refractivity contribution in [1.82, 2.24) is 4.90 Å². The van der Waals surface area contributed by atoms with Crippen molar-refractivity contribution in [3.63, 3.8) is 0 Å². The molecule has 1 aliphatic heterocycles. The Balaban J connectivity index is 2.34. The number of ether oxygens (including phenoxy) is 1. The van der Waals surface area contributed by atoms with Gasteiger partial charge in [0, 0.05) is 6.04 Å². The maximum Gasteiger partial charge on any atom is 0.257 e. The summed E-state index contributed by atoms with van der Waals surface area (Å²) < 4.78 is 5.30. The van der Waals surface area contributed by atoms with Crippen LogP contribution in [0.3, 0.4) is 0 Å². The quantitative estimate of drug-likeness (QED) is 0.470. The first-order valence-electron chi connectivity index (χ1n) is 6.94. The van der Waals surface area contributed by atoms with Crippen LogP contribution in [0.25, 0.3) is 5.76 Å². The topological polar surface area (TPSA) is 69.7 Å². The van der Waals surface area contributed by atoms with Crippen molar-refractivity contribution in [2.45, 2.75) is 26.8 Å². The summed E-state index contributed by atoms with van der Waals surface area (Å²) in [6, 6.07) is 6.34. The molecule has 1 aromatic carbocycles. The summed E-state index contributed by atoms with van der Waals surface area (Å²) in [5, 5.41) is 12.4. The number of rotatable bonds is 4. The van der Waals surface area contributed by atoms with Crippen molar-refractivity contribution in [2.24, 2.45) is 0 Å². The van der Waals surface area contributed by atoms with Crippen molar-refractivity contribution < 1.29 is 19.4 Å². The first-order chi connectivity index (χ1) is 9.95. The molecule has 112 valence electrons. The van der Waals surface area contributed by atoms with Gasteiger partial charge in [-0.1, -0.05) is 17.9 Å². The Morgan fingerprint density at radius 1 is 1.29 bits per heavy atom. The van der Waals surface area contributed by atoms with Crippen LogP contribution in [-0.4, -0.2) is 35.8 Å². The lowest BCUT2D eigenvalue weighted by atomic mass is 10.1. The predicted octanol–water partition coefficient (Wildman–Crippen LogP) is 0.976. The van der Waals surface area contributed by atoms with Gasteiger partial charge in [0.15, 0.2) is 5.78 Å². The summed E-state index contributed by atoms with van der Waals surface area (Å²) in [5.41, 5.74) is 0.0774. The molecular weight excluding hydrogens is 270 g/mol. The van der Waals surface area contributed by atoms with Gasteiger partial charge in [-0.2, -0.15) is 0 Å². The molecule has 0 aliphatic carbocycles. The number of benzene rings is 1. The maximum absolute atomic E-state index is 12.4. The highest BCUT2D eigenvalue weighted by molar-refractivity contribution is 6.28. The fourth-order valence-corrected chi connectivity index (χ4v) is 2.22. The summed E-state index contributed by atoms with van der Waals surface area (Å²) >= 11 is 0. The van der Waals surface area contributed by atoms with Crippen molar-refractivity contribution in [1.29, 1.82) is 0 Å². The van der Waals surface area contributed by atoms with Crippen LogP contribution >= 0.6 is 0 Å². The first kappa shape index (κ1) is 15.1. The molecule has 0 N–H and O–H groups in total. The van der Waals surface area contributed by atoms with Gasteiger partial charge in [0.2, 0.25) is 0 Å².